The van der Waals surface area contributed by atoms with Crippen molar-refractivity contribution in [2.24, 2.45) is 0 Å². The summed E-state index contributed by atoms with van der Waals surface area (Å²) in [6.45, 7) is 2.12. The van der Waals surface area contributed by atoms with Crippen LogP contribution in [0, 0.1) is 0 Å². The second-order valence-corrected chi connectivity index (χ2v) is 6.93. The molecule has 0 unspecified atom stereocenters. The van der Waals surface area contributed by atoms with E-state index >= 15 is 0 Å². The predicted molar refractivity (Wildman–Crippen MR) is 91.1 cm³/mol. The normalized spacial score (nSPS) is 18.4. The summed E-state index contributed by atoms with van der Waals surface area (Å²) in [4.78, 5) is 14.5. The van der Waals surface area contributed by atoms with Crippen LogP contribution in [-0.2, 0) is 19.3 Å². The van der Waals surface area contributed by atoms with Gasteiger partial charge in [0.1, 0.15) is 5.82 Å². The van der Waals surface area contributed by atoms with Gasteiger partial charge in [-0.05, 0) is 30.4 Å². The Hall–Kier alpha value is -2.42. The van der Waals surface area contributed by atoms with Crippen LogP contribution in [0.1, 0.15) is 46.3 Å². The van der Waals surface area contributed by atoms with Gasteiger partial charge >= 0.3 is 6.18 Å². The average molecular weight is 379 g/mol. The van der Waals surface area contributed by atoms with Gasteiger partial charge in [0.05, 0.1) is 12.2 Å². The minimum Gasteiger partial charge on any atom is -0.336 e. The lowest BCUT2D eigenvalue weighted by Gasteiger charge is -2.33. The molecule has 6 nitrogen and oxygen atoms in total. The van der Waals surface area contributed by atoms with Crippen LogP contribution in [0.3, 0.4) is 0 Å². The van der Waals surface area contributed by atoms with E-state index in [9.17, 15) is 18.0 Å². The lowest BCUT2D eigenvalue weighted by molar-refractivity contribution is -0.138. The van der Waals surface area contributed by atoms with Crippen molar-refractivity contribution in [1.29, 1.82) is 0 Å². The molecule has 4 rings (SSSR count). The highest BCUT2D eigenvalue weighted by Gasteiger charge is 2.36. The molecule has 1 saturated heterocycles. The number of piperidine rings is 1. The van der Waals surface area contributed by atoms with E-state index in [2.05, 4.69) is 15.5 Å². The Morgan fingerprint density at radius 3 is 2.63 bits per heavy atom. The highest BCUT2D eigenvalue weighted by molar-refractivity contribution is 5.90. The average Bonchev–Trinajstić information content (AvgIpc) is 3.11. The van der Waals surface area contributed by atoms with E-state index in [-0.39, 0.29) is 11.8 Å². The van der Waals surface area contributed by atoms with E-state index in [1.807, 2.05) is 0 Å². The Balaban J connectivity index is 1.47. The molecule has 27 heavy (non-hydrogen) atoms. The Bertz CT molecular complexity index is 840. The number of fused-ring (bicyclic) bond motifs is 1. The molecule has 1 fully saturated rings. The summed E-state index contributed by atoms with van der Waals surface area (Å²) in [5.74, 6) is 0.665. The third-order valence-corrected chi connectivity index (χ3v) is 5.30. The number of hydrogen-bond acceptors (Lipinski definition) is 4. The molecule has 0 saturated carbocycles. The van der Waals surface area contributed by atoms with Crippen LogP contribution in [0.2, 0.25) is 0 Å². The molecule has 2 aliphatic rings. The number of nitrogens with one attached hydrogen (secondary N) is 1. The first-order valence-corrected chi connectivity index (χ1v) is 9.03. The SMILES string of the molecule is O=C(c1nnc2n1CNCC2)N1CCC(c2ccccc2C(F)(F)F)CC1. The molecule has 2 aromatic rings. The van der Waals surface area contributed by atoms with Crippen molar-refractivity contribution in [3.8, 4) is 0 Å². The van der Waals surface area contributed by atoms with Crippen molar-refractivity contribution in [2.45, 2.75) is 38.0 Å². The van der Waals surface area contributed by atoms with Gasteiger partial charge in [0.15, 0.2) is 0 Å². The number of benzene rings is 1. The fourth-order valence-corrected chi connectivity index (χ4v) is 3.88. The second-order valence-electron chi connectivity index (χ2n) is 6.93. The zero-order valence-corrected chi connectivity index (χ0v) is 14.7. The zero-order valence-electron chi connectivity index (χ0n) is 14.7. The number of nitrogens with zero attached hydrogens (tertiary/aromatic N) is 4. The number of hydrogen-bond donors (Lipinski definition) is 1. The largest absolute Gasteiger partial charge is 0.416 e. The van der Waals surface area contributed by atoms with Crippen LogP contribution in [0.15, 0.2) is 24.3 Å². The van der Waals surface area contributed by atoms with Crippen LogP contribution in [-0.4, -0.2) is 45.2 Å². The van der Waals surface area contributed by atoms with E-state index in [1.165, 1.54) is 6.07 Å². The van der Waals surface area contributed by atoms with Crippen LogP contribution in [0.25, 0.3) is 0 Å². The molecule has 144 valence electrons. The monoisotopic (exact) mass is 379 g/mol. The van der Waals surface area contributed by atoms with Gasteiger partial charge in [-0.2, -0.15) is 13.2 Å². The molecular weight excluding hydrogens is 359 g/mol. The van der Waals surface area contributed by atoms with Gasteiger partial charge < -0.3 is 4.90 Å². The predicted octanol–water partition coefficient (Wildman–Crippen LogP) is 2.42. The second kappa shape index (κ2) is 6.95. The standard InChI is InChI=1S/C18H20F3N5O/c19-18(20,21)14-4-2-1-3-13(14)12-6-9-25(10-7-12)17(27)16-24-23-15-5-8-22-11-26(15)16/h1-4,12,22H,5-11H2. The van der Waals surface area contributed by atoms with Gasteiger partial charge in [-0.3, -0.25) is 14.7 Å². The van der Waals surface area contributed by atoms with Gasteiger partial charge in [-0.25, -0.2) is 0 Å². The number of alkyl halides is 3. The van der Waals surface area contributed by atoms with Crippen molar-refractivity contribution in [1.82, 2.24) is 25.0 Å². The first kappa shape index (κ1) is 18.0. The Morgan fingerprint density at radius 2 is 1.89 bits per heavy atom. The summed E-state index contributed by atoms with van der Waals surface area (Å²) in [6.07, 6.45) is -2.65. The fourth-order valence-electron chi connectivity index (χ4n) is 3.88. The topological polar surface area (TPSA) is 63.1 Å². The zero-order chi connectivity index (χ0) is 19.0. The maximum absolute atomic E-state index is 13.3. The quantitative estimate of drug-likeness (QED) is 0.871. The number of likely N-dealkylation sites (tertiary alicyclic amines) is 1. The summed E-state index contributed by atoms with van der Waals surface area (Å²) < 4.78 is 41.6. The third kappa shape index (κ3) is 3.43. The summed E-state index contributed by atoms with van der Waals surface area (Å²) in [7, 11) is 0. The van der Waals surface area contributed by atoms with Crippen LogP contribution >= 0.6 is 0 Å². The molecule has 1 aromatic carbocycles. The van der Waals surface area contributed by atoms with Gasteiger partial charge in [0.2, 0.25) is 5.82 Å². The number of amides is 1. The van der Waals surface area contributed by atoms with Crippen molar-refractivity contribution in [3.63, 3.8) is 0 Å². The molecule has 0 atom stereocenters. The van der Waals surface area contributed by atoms with Crippen molar-refractivity contribution in [3.05, 3.63) is 47.0 Å². The number of rotatable bonds is 2. The van der Waals surface area contributed by atoms with E-state index in [0.29, 0.717) is 44.0 Å². The van der Waals surface area contributed by atoms with E-state index in [0.717, 1.165) is 24.9 Å². The summed E-state index contributed by atoms with van der Waals surface area (Å²) in [5, 5.41) is 11.3. The van der Waals surface area contributed by atoms with E-state index in [1.54, 1.807) is 21.6 Å². The molecule has 1 N–H and O–H groups in total. The Kier molecular flexibility index (Phi) is 4.63. The first-order valence-electron chi connectivity index (χ1n) is 9.03. The van der Waals surface area contributed by atoms with Crippen LogP contribution in [0.4, 0.5) is 13.2 Å². The molecule has 0 aliphatic carbocycles. The van der Waals surface area contributed by atoms with Crippen molar-refractivity contribution in [2.75, 3.05) is 19.6 Å². The Labute approximate surface area is 154 Å². The van der Waals surface area contributed by atoms with Crippen LogP contribution in [0.5, 0.6) is 0 Å². The Morgan fingerprint density at radius 1 is 1.15 bits per heavy atom. The van der Waals surface area contributed by atoms with Crippen molar-refractivity contribution >= 4 is 5.91 Å². The smallest absolute Gasteiger partial charge is 0.336 e. The van der Waals surface area contributed by atoms with Gasteiger partial charge in [0.25, 0.3) is 5.91 Å². The van der Waals surface area contributed by atoms with E-state index in [4.69, 9.17) is 0 Å². The van der Waals surface area contributed by atoms with Gasteiger partial charge in [0, 0.05) is 26.1 Å². The summed E-state index contributed by atoms with van der Waals surface area (Å²) in [5.41, 5.74) is -0.256. The molecule has 1 aromatic heterocycles. The van der Waals surface area contributed by atoms with Crippen molar-refractivity contribution < 1.29 is 18.0 Å². The minimum absolute atomic E-state index is 0.208. The summed E-state index contributed by atoms with van der Waals surface area (Å²) in [6, 6.07) is 5.72. The first-order chi connectivity index (χ1) is 12.9. The number of halogens is 3. The highest BCUT2D eigenvalue weighted by Crippen LogP contribution is 2.38. The van der Waals surface area contributed by atoms with Gasteiger partial charge in [-0.1, -0.05) is 18.2 Å². The third-order valence-electron chi connectivity index (χ3n) is 5.30. The van der Waals surface area contributed by atoms with Gasteiger partial charge in [-0.15, -0.1) is 10.2 Å². The molecule has 0 radical (unpaired) electrons. The van der Waals surface area contributed by atoms with E-state index < -0.39 is 11.7 Å². The molecule has 1 amide bonds. The lowest BCUT2D eigenvalue weighted by Crippen LogP contribution is -2.40. The molecule has 0 spiro atoms. The molecule has 9 heteroatoms. The lowest BCUT2D eigenvalue weighted by atomic mass is 9.86. The highest BCUT2D eigenvalue weighted by atomic mass is 19.4. The molecule has 3 heterocycles. The number of aromatic nitrogens is 3. The molecule has 0 bridgehead atoms. The molecule has 2 aliphatic heterocycles. The van der Waals surface area contributed by atoms with Crippen LogP contribution < -0.4 is 5.32 Å². The minimum atomic E-state index is -4.36. The maximum atomic E-state index is 13.3. The molecular formula is C18H20F3N5O. The number of carbonyl (C=O) groups excluding carboxylic acids is 1. The maximum Gasteiger partial charge on any atom is 0.416 e. The number of carbonyl (C=O) groups is 1. The summed E-state index contributed by atoms with van der Waals surface area (Å²) >= 11 is 0. The fraction of sp³-hybridized carbons (Fsp3) is 0.500.